The number of aromatic nitrogens is 2. The Morgan fingerprint density at radius 3 is 2.81 bits per heavy atom. The summed E-state index contributed by atoms with van der Waals surface area (Å²) in [4.78, 5) is 8.25. The van der Waals surface area contributed by atoms with Crippen LogP contribution in [0.5, 0.6) is 0 Å². The van der Waals surface area contributed by atoms with E-state index in [9.17, 15) is 0 Å². The molecule has 1 heterocycles. The predicted molar refractivity (Wildman–Crippen MR) is 82.4 cm³/mol. The quantitative estimate of drug-likeness (QED) is 0.652. The maximum Gasteiger partial charge on any atom is 0.246 e. The monoisotopic (exact) mass is 307 g/mol. The number of aliphatic imine (C=N–C) groups is 1. The van der Waals surface area contributed by atoms with Crippen molar-refractivity contribution in [2.75, 3.05) is 13.6 Å². The molecular formula is C14H18ClN5O. The van der Waals surface area contributed by atoms with Crippen molar-refractivity contribution in [1.82, 2.24) is 20.8 Å². The summed E-state index contributed by atoms with van der Waals surface area (Å²) < 4.78 is 5.02. The highest BCUT2D eigenvalue weighted by molar-refractivity contribution is 6.31. The molecule has 0 atom stereocenters. The molecule has 0 bridgehead atoms. The fourth-order valence-corrected chi connectivity index (χ4v) is 2.04. The van der Waals surface area contributed by atoms with Gasteiger partial charge < -0.3 is 15.2 Å². The van der Waals surface area contributed by atoms with E-state index in [0.717, 1.165) is 23.6 Å². The van der Waals surface area contributed by atoms with E-state index >= 15 is 0 Å². The molecule has 1 aromatic heterocycles. The highest BCUT2D eigenvalue weighted by Crippen LogP contribution is 2.14. The van der Waals surface area contributed by atoms with Gasteiger partial charge in [0.1, 0.15) is 0 Å². The Morgan fingerprint density at radius 1 is 1.33 bits per heavy atom. The van der Waals surface area contributed by atoms with Gasteiger partial charge in [-0.1, -0.05) is 35.0 Å². The van der Waals surface area contributed by atoms with Gasteiger partial charge in [-0.2, -0.15) is 4.98 Å². The summed E-state index contributed by atoms with van der Waals surface area (Å²) in [6.45, 7) is 2.95. The first-order chi connectivity index (χ1) is 10.2. The van der Waals surface area contributed by atoms with Crippen LogP contribution in [0.15, 0.2) is 33.8 Å². The molecule has 2 N–H and O–H groups in total. The van der Waals surface area contributed by atoms with Crippen molar-refractivity contribution in [3.63, 3.8) is 0 Å². The van der Waals surface area contributed by atoms with Crippen molar-refractivity contribution in [1.29, 1.82) is 0 Å². The number of hydrogen-bond acceptors (Lipinski definition) is 4. The Morgan fingerprint density at radius 2 is 2.14 bits per heavy atom. The molecule has 0 fully saturated rings. The molecule has 112 valence electrons. The normalized spacial score (nSPS) is 11.5. The van der Waals surface area contributed by atoms with Crippen LogP contribution >= 0.6 is 11.6 Å². The topological polar surface area (TPSA) is 75.3 Å². The number of aryl methyl sites for hydroxylation is 1. The lowest BCUT2D eigenvalue weighted by Gasteiger charge is -2.10. The van der Waals surface area contributed by atoms with E-state index < -0.39 is 0 Å². The van der Waals surface area contributed by atoms with Gasteiger partial charge in [0.2, 0.25) is 5.89 Å². The second kappa shape index (κ2) is 7.64. The number of rotatable bonds is 5. The standard InChI is InChI=1S/C14H18ClN5O/c1-10-19-13(21-20-10)9-18-14(16-2)17-8-7-11-5-3-4-6-12(11)15/h3-6H,7-9H2,1-2H3,(H2,16,17,18). The molecule has 0 amide bonds. The van der Waals surface area contributed by atoms with E-state index in [1.54, 1.807) is 14.0 Å². The SMILES string of the molecule is CN=C(NCCc1ccccc1Cl)NCc1nc(C)no1. The maximum atomic E-state index is 6.12. The molecular weight excluding hydrogens is 290 g/mol. The summed E-state index contributed by atoms with van der Waals surface area (Å²) in [6.07, 6.45) is 0.819. The Hall–Kier alpha value is -2.08. The van der Waals surface area contributed by atoms with Crippen molar-refractivity contribution >= 4 is 17.6 Å². The molecule has 0 aliphatic carbocycles. The van der Waals surface area contributed by atoms with Gasteiger partial charge in [0, 0.05) is 18.6 Å². The van der Waals surface area contributed by atoms with Crippen molar-refractivity contribution in [3.8, 4) is 0 Å². The largest absolute Gasteiger partial charge is 0.356 e. The summed E-state index contributed by atoms with van der Waals surface area (Å²) >= 11 is 6.12. The van der Waals surface area contributed by atoms with E-state index in [-0.39, 0.29) is 0 Å². The molecule has 6 nitrogen and oxygen atoms in total. The zero-order valence-electron chi connectivity index (χ0n) is 12.1. The molecule has 1 aromatic carbocycles. The van der Waals surface area contributed by atoms with Gasteiger partial charge >= 0.3 is 0 Å². The Kier molecular flexibility index (Phi) is 5.57. The van der Waals surface area contributed by atoms with Crippen molar-refractivity contribution in [3.05, 3.63) is 46.6 Å². The summed E-state index contributed by atoms with van der Waals surface area (Å²) in [5.74, 6) is 1.83. The van der Waals surface area contributed by atoms with Crippen LogP contribution in [0, 0.1) is 6.92 Å². The summed E-state index contributed by atoms with van der Waals surface area (Å²) in [7, 11) is 1.71. The molecule has 2 rings (SSSR count). The Labute approximate surface area is 128 Å². The van der Waals surface area contributed by atoms with Gasteiger partial charge in [-0.25, -0.2) is 0 Å². The van der Waals surface area contributed by atoms with Gasteiger partial charge in [0.15, 0.2) is 11.8 Å². The average molecular weight is 308 g/mol. The highest BCUT2D eigenvalue weighted by Gasteiger charge is 2.04. The fraction of sp³-hybridized carbons (Fsp3) is 0.357. The molecule has 21 heavy (non-hydrogen) atoms. The van der Waals surface area contributed by atoms with Crippen molar-refractivity contribution in [2.45, 2.75) is 19.9 Å². The lowest BCUT2D eigenvalue weighted by Crippen LogP contribution is -2.37. The molecule has 0 saturated heterocycles. The lowest BCUT2D eigenvalue weighted by molar-refractivity contribution is 0.371. The molecule has 0 radical (unpaired) electrons. The van der Waals surface area contributed by atoms with Crippen LogP contribution < -0.4 is 10.6 Å². The number of guanidine groups is 1. The fourth-order valence-electron chi connectivity index (χ4n) is 1.81. The first-order valence-electron chi connectivity index (χ1n) is 6.66. The average Bonchev–Trinajstić information content (AvgIpc) is 2.90. The van der Waals surface area contributed by atoms with E-state index in [1.807, 2.05) is 24.3 Å². The zero-order chi connectivity index (χ0) is 15.1. The first kappa shape index (κ1) is 15.3. The lowest BCUT2D eigenvalue weighted by atomic mass is 10.1. The smallest absolute Gasteiger partial charge is 0.246 e. The van der Waals surface area contributed by atoms with Gasteiger partial charge in [0.05, 0.1) is 6.54 Å². The molecule has 2 aromatic rings. The minimum Gasteiger partial charge on any atom is -0.356 e. The Balaban J connectivity index is 1.77. The molecule has 7 heteroatoms. The summed E-state index contributed by atoms with van der Waals surface area (Å²) in [5, 5.41) is 10.8. The minimum atomic E-state index is 0.437. The predicted octanol–water partition coefficient (Wildman–Crippen LogP) is 1.94. The van der Waals surface area contributed by atoms with Gasteiger partial charge in [-0.3, -0.25) is 4.99 Å². The van der Waals surface area contributed by atoms with Crippen LogP contribution in [0.2, 0.25) is 5.02 Å². The highest BCUT2D eigenvalue weighted by atomic mass is 35.5. The van der Waals surface area contributed by atoms with Crippen LogP contribution in [-0.2, 0) is 13.0 Å². The van der Waals surface area contributed by atoms with Crippen LogP contribution in [-0.4, -0.2) is 29.7 Å². The van der Waals surface area contributed by atoms with E-state index in [4.69, 9.17) is 16.1 Å². The third kappa shape index (κ3) is 4.75. The van der Waals surface area contributed by atoms with E-state index in [0.29, 0.717) is 24.2 Å². The number of nitrogens with one attached hydrogen (secondary N) is 2. The third-order valence-corrected chi connectivity index (χ3v) is 3.21. The number of hydrogen-bond donors (Lipinski definition) is 2. The number of nitrogens with zero attached hydrogens (tertiary/aromatic N) is 3. The van der Waals surface area contributed by atoms with Crippen molar-refractivity contribution in [2.24, 2.45) is 4.99 Å². The first-order valence-corrected chi connectivity index (χ1v) is 7.04. The summed E-state index contributed by atoms with van der Waals surface area (Å²) in [5.41, 5.74) is 1.11. The summed E-state index contributed by atoms with van der Waals surface area (Å²) in [6, 6.07) is 7.81. The van der Waals surface area contributed by atoms with Crippen LogP contribution in [0.1, 0.15) is 17.3 Å². The second-order valence-electron chi connectivity index (χ2n) is 4.43. The molecule has 0 spiro atoms. The minimum absolute atomic E-state index is 0.437. The number of benzene rings is 1. The third-order valence-electron chi connectivity index (χ3n) is 2.84. The van der Waals surface area contributed by atoms with Crippen molar-refractivity contribution < 1.29 is 4.52 Å². The maximum absolute atomic E-state index is 6.12. The zero-order valence-corrected chi connectivity index (χ0v) is 12.8. The van der Waals surface area contributed by atoms with Gasteiger partial charge in [-0.15, -0.1) is 0 Å². The van der Waals surface area contributed by atoms with Crippen LogP contribution in [0.4, 0.5) is 0 Å². The van der Waals surface area contributed by atoms with Crippen LogP contribution in [0.25, 0.3) is 0 Å². The van der Waals surface area contributed by atoms with Gasteiger partial charge in [0.25, 0.3) is 0 Å². The van der Waals surface area contributed by atoms with Gasteiger partial charge in [-0.05, 0) is 25.0 Å². The molecule has 0 unspecified atom stereocenters. The molecule has 0 saturated carbocycles. The Bertz CT molecular complexity index is 611. The van der Waals surface area contributed by atoms with E-state index in [1.165, 1.54) is 0 Å². The second-order valence-corrected chi connectivity index (χ2v) is 4.84. The molecule has 0 aliphatic heterocycles. The van der Waals surface area contributed by atoms with E-state index in [2.05, 4.69) is 25.8 Å². The number of halogens is 1. The van der Waals surface area contributed by atoms with Crippen LogP contribution in [0.3, 0.4) is 0 Å². The molecule has 0 aliphatic rings.